The summed E-state index contributed by atoms with van der Waals surface area (Å²) < 4.78 is 10.0. The van der Waals surface area contributed by atoms with E-state index in [-0.39, 0.29) is 12.5 Å². The SMILES string of the molecule is O=C(OCCCl)Oc1ccc(Cl)cc1Cc1ccccc1. The first-order chi connectivity index (χ1) is 10.2. The van der Waals surface area contributed by atoms with Crippen molar-refractivity contribution in [2.75, 3.05) is 12.5 Å². The minimum absolute atomic E-state index is 0.113. The minimum Gasteiger partial charge on any atom is -0.433 e. The fraction of sp³-hybridized carbons (Fsp3) is 0.188. The molecule has 0 saturated carbocycles. The average Bonchev–Trinajstić information content (AvgIpc) is 2.49. The third-order valence-electron chi connectivity index (χ3n) is 2.75. The van der Waals surface area contributed by atoms with Gasteiger partial charge in [0.05, 0.1) is 5.88 Å². The lowest BCUT2D eigenvalue weighted by molar-refractivity contribution is 0.104. The van der Waals surface area contributed by atoms with Crippen LogP contribution in [0.15, 0.2) is 48.5 Å². The summed E-state index contributed by atoms with van der Waals surface area (Å²) in [6.45, 7) is 0.113. The number of carbonyl (C=O) groups is 1. The molecule has 2 aromatic carbocycles. The van der Waals surface area contributed by atoms with Gasteiger partial charge in [0.2, 0.25) is 0 Å². The smallest absolute Gasteiger partial charge is 0.433 e. The largest absolute Gasteiger partial charge is 0.513 e. The number of carbonyl (C=O) groups excluding carboxylic acids is 1. The zero-order valence-corrected chi connectivity index (χ0v) is 12.7. The van der Waals surface area contributed by atoms with E-state index in [1.165, 1.54) is 0 Å². The topological polar surface area (TPSA) is 35.5 Å². The van der Waals surface area contributed by atoms with Crippen LogP contribution in [0.2, 0.25) is 5.02 Å². The molecule has 21 heavy (non-hydrogen) atoms. The van der Waals surface area contributed by atoms with E-state index in [2.05, 4.69) is 0 Å². The lowest BCUT2D eigenvalue weighted by atomic mass is 10.0. The van der Waals surface area contributed by atoms with Gasteiger partial charge in [-0.15, -0.1) is 11.6 Å². The molecule has 0 aromatic heterocycles. The maximum absolute atomic E-state index is 11.5. The van der Waals surface area contributed by atoms with E-state index >= 15 is 0 Å². The first kappa shape index (κ1) is 15.7. The fourth-order valence-electron chi connectivity index (χ4n) is 1.84. The molecule has 0 atom stereocenters. The van der Waals surface area contributed by atoms with Crippen LogP contribution < -0.4 is 4.74 Å². The van der Waals surface area contributed by atoms with Crippen molar-refractivity contribution >= 4 is 29.4 Å². The van der Waals surface area contributed by atoms with Gasteiger partial charge < -0.3 is 9.47 Å². The highest BCUT2D eigenvalue weighted by Gasteiger charge is 2.11. The molecular weight excluding hydrogens is 311 g/mol. The second kappa shape index (κ2) is 7.91. The molecular formula is C16H14Cl2O3. The van der Waals surface area contributed by atoms with Gasteiger partial charge in [-0.25, -0.2) is 4.79 Å². The first-order valence-electron chi connectivity index (χ1n) is 6.42. The third-order valence-corrected chi connectivity index (χ3v) is 3.14. The number of ether oxygens (including phenoxy) is 2. The molecule has 0 aliphatic heterocycles. The summed E-state index contributed by atoms with van der Waals surface area (Å²) in [7, 11) is 0. The second-order valence-electron chi connectivity index (χ2n) is 4.30. The van der Waals surface area contributed by atoms with Gasteiger partial charge in [0.25, 0.3) is 0 Å². The van der Waals surface area contributed by atoms with Crippen molar-refractivity contribution < 1.29 is 14.3 Å². The van der Waals surface area contributed by atoms with E-state index in [1.807, 2.05) is 30.3 Å². The summed E-state index contributed by atoms with van der Waals surface area (Å²) in [6, 6.07) is 14.9. The molecule has 0 spiro atoms. The summed E-state index contributed by atoms with van der Waals surface area (Å²) in [5.41, 5.74) is 1.91. The predicted molar refractivity (Wildman–Crippen MR) is 83.4 cm³/mol. The standard InChI is InChI=1S/C16H14Cl2O3/c17-8-9-20-16(19)21-15-7-6-14(18)11-13(15)10-12-4-2-1-3-5-12/h1-7,11H,8-10H2. The molecule has 5 heteroatoms. The van der Waals surface area contributed by atoms with Crippen molar-refractivity contribution in [2.24, 2.45) is 0 Å². The number of rotatable bonds is 5. The molecule has 3 nitrogen and oxygen atoms in total. The van der Waals surface area contributed by atoms with Crippen molar-refractivity contribution in [3.63, 3.8) is 0 Å². The first-order valence-corrected chi connectivity index (χ1v) is 7.33. The normalized spacial score (nSPS) is 10.2. The molecule has 0 saturated heterocycles. The van der Waals surface area contributed by atoms with Gasteiger partial charge >= 0.3 is 6.16 Å². The van der Waals surface area contributed by atoms with Crippen LogP contribution in [0.3, 0.4) is 0 Å². The summed E-state index contributed by atoms with van der Waals surface area (Å²) in [5.74, 6) is 0.662. The molecule has 0 radical (unpaired) electrons. The van der Waals surface area contributed by atoms with Crippen molar-refractivity contribution in [3.8, 4) is 5.75 Å². The van der Waals surface area contributed by atoms with Gasteiger partial charge in [-0.3, -0.25) is 0 Å². The van der Waals surface area contributed by atoms with Crippen molar-refractivity contribution in [1.82, 2.24) is 0 Å². The van der Waals surface area contributed by atoms with Crippen LogP contribution in [-0.4, -0.2) is 18.6 Å². The average molecular weight is 325 g/mol. The van der Waals surface area contributed by atoms with E-state index in [9.17, 15) is 4.79 Å². The summed E-state index contributed by atoms with van der Waals surface area (Å²) in [6.07, 6.45) is -0.160. The van der Waals surface area contributed by atoms with E-state index in [0.29, 0.717) is 17.2 Å². The molecule has 0 amide bonds. The van der Waals surface area contributed by atoms with E-state index in [4.69, 9.17) is 32.7 Å². The van der Waals surface area contributed by atoms with Gasteiger partial charge in [0, 0.05) is 17.0 Å². The summed E-state index contributed by atoms with van der Waals surface area (Å²) >= 11 is 11.5. The molecule has 0 aliphatic carbocycles. The van der Waals surface area contributed by atoms with Crippen LogP contribution >= 0.6 is 23.2 Å². The Hall–Kier alpha value is -1.71. The van der Waals surface area contributed by atoms with Crippen LogP contribution in [0.1, 0.15) is 11.1 Å². The maximum atomic E-state index is 11.5. The molecule has 110 valence electrons. The third kappa shape index (κ3) is 4.96. The van der Waals surface area contributed by atoms with E-state index < -0.39 is 6.16 Å². The highest BCUT2D eigenvalue weighted by Crippen LogP contribution is 2.26. The zero-order chi connectivity index (χ0) is 15.1. The number of hydrogen-bond donors (Lipinski definition) is 0. The summed E-state index contributed by atoms with van der Waals surface area (Å²) in [5, 5.41) is 0.586. The van der Waals surface area contributed by atoms with Crippen molar-refractivity contribution in [1.29, 1.82) is 0 Å². The van der Waals surface area contributed by atoms with Crippen LogP contribution in [-0.2, 0) is 11.2 Å². The monoisotopic (exact) mass is 324 g/mol. The number of alkyl halides is 1. The Balaban J connectivity index is 2.15. The molecule has 0 bridgehead atoms. The Morgan fingerprint density at radius 3 is 2.57 bits per heavy atom. The van der Waals surface area contributed by atoms with Crippen LogP contribution in [0.4, 0.5) is 4.79 Å². The Bertz CT molecular complexity index is 600. The van der Waals surface area contributed by atoms with Gasteiger partial charge in [0.1, 0.15) is 12.4 Å². The number of halogens is 2. The van der Waals surface area contributed by atoms with Crippen LogP contribution in [0.5, 0.6) is 5.75 Å². The molecule has 0 fully saturated rings. The fourth-order valence-corrected chi connectivity index (χ4v) is 2.11. The molecule has 0 N–H and O–H groups in total. The Labute approximate surface area is 133 Å². The lowest BCUT2D eigenvalue weighted by Crippen LogP contribution is -2.13. The highest BCUT2D eigenvalue weighted by molar-refractivity contribution is 6.30. The van der Waals surface area contributed by atoms with Crippen molar-refractivity contribution in [2.45, 2.75) is 6.42 Å². The Morgan fingerprint density at radius 1 is 1.10 bits per heavy atom. The lowest BCUT2D eigenvalue weighted by Gasteiger charge is -2.10. The number of hydrogen-bond acceptors (Lipinski definition) is 3. The summed E-state index contributed by atoms with van der Waals surface area (Å²) in [4.78, 5) is 11.5. The number of benzene rings is 2. The van der Waals surface area contributed by atoms with Gasteiger partial charge in [-0.05, 0) is 23.8 Å². The van der Waals surface area contributed by atoms with Crippen LogP contribution in [0, 0.1) is 0 Å². The molecule has 0 heterocycles. The van der Waals surface area contributed by atoms with Gasteiger partial charge in [0.15, 0.2) is 0 Å². The van der Waals surface area contributed by atoms with E-state index in [0.717, 1.165) is 11.1 Å². The second-order valence-corrected chi connectivity index (χ2v) is 5.12. The highest BCUT2D eigenvalue weighted by atomic mass is 35.5. The zero-order valence-electron chi connectivity index (χ0n) is 11.2. The Kier molecular flexibility index (Phi) is 5.90. The van der Waals surface area contributed by atoms with Crippen molar-refractivity contribution in [3.05, 3.63) is 64.7 Å². The van der Waals surface area contributed by atoms with Gasteiger partial charge in [-0.2, -0.15) is 0 Å². The molecule has 0 unspecified atom stereocenters. The predicted octanol–water partition coefficient (Wildman–Crippen LogP) is 4.69. The molecule has 2 rings (SSSR count). The molecule has 0 aliphatic rings. The van der Waals surface area contributed by atoms with E-state index in [1.54, 1.807) is 18.2 Å². The molecule has 2 aromatic rings. The maximum Gasteiger partial charge on any atom is 0.513 e. The Morgan fingerprint density at radius 2 is 1.86 bits per heavy atom. The van der Waals surface area contributed by atoms with Gasteiger partial charge in [-0.1, -0.05) is 41.9 Å². The van der Waals surface area contributed by atoms with Crippen LogP contribution in [0.25, 0.3) is 0 Å². The quantitative estimate of drug-likeness (QED) is 0.455. The minimum atomic E-state index is -0.771.